The lowest BCUT2D eigenvalue weighted by Gasteiger charge is -2.21. The zero-order valence-corrected chi connectivity index (χ0v) is 17.7. The molecule has 0 saturated carbocycles. The number of carbonyl (C=O) groups excluding carboxylic acids is 1. The molecular weight excluding hydrogens is 392 g/mol. The Balaban J connectivity index is 2.21. The zero-order valence-electron chi connectivity index (χ0n) is 16.9. The van der Waals surface area contributed by atoms with Crippen molar-refractivity contribution in [2.75, 3.05) is 20.3 Å². The van der Waals surface area contributed by atoms with Gasteiger partial charge in [0.25, 0.3) is 0 Å². The first-order valence-electron chi connectivity index (χ1n) is 9.44. The molecule has 0 bridgehead atoms. The van der Waals surface area contributed by atoms with Crippen LogP contribution in [0.1, 0.15) is 19.4 Å². The lowest BCUT2D eigenvalue weighted by Crippen LogP contribution is -2.50. The van der Waals surface area contributed by atoms with E-state index in [4.69, 9.17) is 9.47 Å². The summed E-state index contributed by atoms with van der Waals surface area (Å²) in [5, 5.41) is 2.79. The molecule has 0 saturated heterocycles. The molecule has 2 N–H and O–H groups in total. The van der Waals surface area contributed by atoms with E-state index in [0.29, 0.717) is 19.0 Å². The smallest absolute Gasteiger partial charge is 0.241 e. The lowest BCUT2D eigenvalue weighted by molar-refractivity contribution is -0.123. The molecular formula is C21H28N2O5S. The van der Waals surface area contributed by atoms with Crippen LogP contribution in [0.3, 0.4) is 0 Å². The van der Waals surface area contributed by atoms with E-state index in [2.05, 4.69) is 10.0 Å². The van der Waals surface area contributed by atoms with Crippen LogP contribution >= 0.6 is 0 Å². The highest BCUT2D eigenvalue weighted by Crippen LogP contribution is 2.17. The third kappa shape index (κ3) is 7.16. The molecule has 0 radical (unpaired) electrons. The average Bonchev–Trinajstić information content (AvgIpc) is 2.69. The molecule has 0 aliphatic heterocycles. The highest BCUT2D eigenvalue weighted by Gasteiger charge is 2.27. The maximum atomic E-state index is 12.9. The van der Waals surface area contributed by atoms with Gasteiger partial charge in [0.1, 0.15) is 11.8 Å². The largest absolute Gasteiger partial charge is 0.494 e. The topological polar surface area (TPSA) is 93.7 Å². The van der Waals surface area contributed by atoms with Crippen molar-refractivity contribution in [3.05, 3.63) is 60.2 Å². The van der Waals surface area contributed by atoms with Crippen LogP contribution in [0, 0.1) is 0 Å². The second-order valence-corrected chi connectivity index (χ2v) is 8.35. The Kier molecular flexibility index (Phi) is 8.63. The first kappa shape index (κ1) is 22.9. The predicted molar refractivity (Wildman–Crippen MR) is 111 cm³/mol. The van der Waals surface area contributed by atoms with Crippen molar-refractivity contribution in [3.8, 4) is 5.75 Å². The van der Waals surface area contributed by atoms with Crippen LogP contribution in [-0.4, -0.2) is 46.7 Å². The Morgan fingerprint density at radius 1 is 1.07 bits per heavy atom. The predicted octanol–water partition coefficient (Wildman–Crippen LogP) is 2.13. The van der Waals surface area contributed by atoms with E-state index in [9.17, 15) is 13.2 Å². The van der Waals surface area contributed by atoms with Crippen molar-refractivity contribution < 1.29 is 22.7 Å². The molecule has 7 nitrogen and oxygen atoms in total. The zero-order chi connectivity index (χ0) is 21.3. The van der Waals surface area contributed by atoms with Crippen molar-refractivity contribution in [3.63, 3.8) is 0 Å². The Morgan fingerprint density at radius 2 is 1.72 bits per heavy atom. The molecule has 29 heavy (non-hydrogen) atoms. The van der Waals surface area contributed by atoms with Crippen LogP contribution in [0.25, 0.3) is 0 Å². The van der Waals surface area contributed by atoms with Crippen LogP contribution in [0.2, 0.25) is 0 Å². The molecule has 0 aliphatic carbocycles. The number of sulfonamides is 1. The highest BCUT2D eigenvalue weighted by atomic mass is 32.2. The fraction of sp³-hybridized carbons (Fsp3) is 0.381. The third-order valence-corrected chi connectivity index (χ3v) is 5.63. The molecule has 0 aromatic heterocycles. The fourth-order valence-corrected chi connectivity index (χ4v) is 4.01. The van der Waals surface area contributed by atoms with E-state index >= 15 is 0 Å². The van der Waals surface area contributed by atoms with E-state index in [-0.39, 0.29) is 17.4 Å². The molecule has 0 unspecified atom stereocenters. The second-order valence-electron chi connectivity index (χ2n) is 6.63. The molecule has 2 aromatic rings. The van der Waals surface area contributed by atoms with Gasteiger partial charge in [-0.05, 0) is 50.1 Å². The summed E-state index contributed by atoms with van der Waals surface area (Å²) < 4.78 is 38.6. The van der Waals surface area contributed by atoms with E-state index in [1.165, 1.54) is 12.1 Å². The number of benzene rings is 2. The standard InChI is InChI=1S/C21H28N2O5S/c1-4-28-18-10-12-19(13-11-18)29(25,26)23-20(14-17-8-6-5-7-9-17)21(24)22-16(2)15-27-3/h5-13,16,20,23H,4,14-15H2,1-3H3,(H,22,24)/t16-,20+/m1/s1. The first-order valence-corrected chi connectivity index (χ1v) is 10.9. The van der Waals surface area contributed by atoms with Crippen LogP contribution in [0.15, 0.2) is 59.5 Å². The first-order chi connectivity index (χ1) is 13.9. The maximum absolute atomic E-state index is 12.9. The van der Waals surface area contributed by atoms with E-state index in [0.717, 1.165) is 5.56 Å². The summed E-state index contributed by atoms with van der Waals surface area (Å²) in [7, 11) is -2.36. The van der Waals surface area contributed by atoms with E-state index < -0.39 is 22.0 Å². The van der Waals surface area contributed by atoms with Gasteiger partial charge in [0, 0.05) is 13.2 Å². The fourth-order valence-electron chi connectivity index (χ4n) is 2.81. The van der Waals surface area contributed by atoms with Gasteiger partial charge in [0.05, 0.1) is 18.1 Å². The number of amides is 1. The van der Waals surface area contributed by atoms with Gasteiger partial charge in [-0.2, -0.15) is 4.72 Å². The van der Waals surface area contributed by atoms with Crippen molar-refractivity contribution in [1.82, 2.24) is 10.0 Å². The Morgan fingerprint density at radius 3 is 2.31 bits per heavy atom. The second kappa shape index (κ2) is 10.9. The molecule has 1 amide bonds. The number of methoxy groups -OCH3 is 1. The van der Waals surface area contributed by atoms with Gasteiger partial charge in [0.15, 0.2) is 0 Å². The minimum Gasteiger partial charge on any atom is -0.494 e. The van der Waals surface area contributed by atoms with Gasteiger partial charge in [-0.1, -0.05) is 30.3 Å². The normalized spacial score (nSPS) is 13.5. The van der Waals surface area contributed by atoms with E-state index in [1.807, 2.05) is 37.3 Å². The molecule has 2 rings (SSSR count). The van der Waals surface area contributed by atoms with Crippen LogP contribution in [0.4, 0.5) is 0 Å². The summed E-state index contributed by atoms with van der Waals surface area (Å²) in [6.45, 7) is 4.46. The summed E-state index contributed by atoms with van der Waals surface area (Å²) >= 11 is 0. The van der Waals surface area contributed by atoms with Crippen LogP contribution in [-0.2, 0) is 26.0 Å². The Hall–Kier alpha value is -2.42. The number of hydrogen-bond acceptors (Lipinski definition) is 5. The highest BCUT2D eigenvalue weighted by molar-refractivity contribution is 7.89. The molecule has 0 spiro atoms. The number of carbonyl (C=O) groups is 1. The molecule has 8 heteroatoms. The van der Waals surface area contributed by atoms with Gasteiger partial charge in [-0.25, -0.2) is 8.42 Å². The molecule has 2 atom stereocenters. The summed E-state index contributed by atoms with van der Waals surface area (Å²) in [6, 6.07) is 14.1. The van der Waals surface area contributed by atoms with Crippen molar-refractivity contribution in [1.29, 1.82) is 0 Å². The molecule has 0 heterocycles. The Bertz CT molecular complexity index is 870. The minimum absolute atomic E-state index is 0.0664. The van der Waals surface area contributed by atoms with Crippen molar-refractivity contribution in [2.24, 2.45) is 0 Å². The van der Waals surface area contributed by atoms with Crippen LogP contribution < -0.4 is 14.8 Å². The number of ether oxygens (including phenoxy) is 2. The number of hydrogen-bond donors (Lipinski definition) is 2. The summed E-state index contributed by atoms with van der Waals surface area (Å²) in [5.74, 6) is 0.173. The number of rotatable bonds is 11. The summed E-state index contributed by atoms with van der Waals surface area (Å²) in [4.78, 5) is 12.8. The van der Waals surface area contributed by atoms with Gasteiger partial charge >= 0.3 is 0 Å². The van der Waals surface area contributed by atoms with Crippen molar-refractivity contribution in [2.45, 2.75) is 37.2 Å². The van der Waals surface area contributed by atoms with Gasteiger partial charge in [-0.15, -0.1) is 0 Å². The van der Waals surface area contributed by atoms with Gasteiger partial charge in [0.2, 0.25) is 15.9 Å². The SMILES string of the molecule is CCOc1ccc(S(=O)(=O)N[C@@H](Cc2ccccc2)C(=O)N[C@H](C)COC)cc1. The van der Waals surface area contributed by atoms with Crippen molar-refractivity contribution >= 4 is 15.9 Å². The quantitative estimate of drug-likeness (QED) is 0.581. The van der Waals surface area contributed by atoms with Crippen LogP contribution in [0.5, 0.6) is 5.75 Å². The molecule has 2 aromatic carbocycles. The minimum atomic E-state index is -3.90. The third-order valence-electron chi connectivity index (χ3n) is 4.15. The number of nitrogens with one attached hydrogen (secondary N) is 2. The molecule has 158 valence electrons. The van der Waals surface area contributed by atoms with Gasteiger partial charge in [-0.3, -0.25) is 4.79 Å². The molecule has 0 fully saturated rings. The summed E-state index contributed by atoms with van der Waals surface area (Å²) in [6.07, 6.45) is 0.225. The monoisotopic (exact) mass is 420 g/mol. The Labute approximate surface area is 172 Å². The maximum Gasteiger partial charge on any atom is 0.241 e. The van der Waals surface area contributed by atoms with Gasteiger partial charge < -0.3 is 14.8 Å². The average molecular weight is 421 g/mol. The molecule has 0 aliphatic rings. The summed E-state index contributed by atoms with van der Waals surface area (Å²) in [5.41, 5.74) is 0.849. The lowest BCUT2D eigenvalue weighted by atomic mass is 10.1. The van der Waals surface area contributed by atoms with E-state index in [1.54, 1.807) is 26.2 Å².